The van der Waals surface area contributed by atoms with E-state index in [1.807, 2.05) is 31.2 Å². The van der Waals surface area contributed by atoms with Crippen molar-refractivity contribution in [3.63, 3.8) is 0 Å². The topological polar surface area (TPSA) is 47.9 Å². The van der Waals surface area contributed by atoms with Gasteiger partial charge in [-0.1, -0.05) is 35.9 Å². The van der Waals surface area contributed by atoms with Crippen LogP contribution in [0.3, 0.4) is 0 Å². The third-order valence-electron chi connectivity index (χ3n) is 4.49. The average Bonchev–Trinajstić information content (AvgIpc) is 2.72. The monoisotopic (exact) mass is 416 g/mol. The Balaban J connectivity index is 1.81. The van der Waals surface area contributed by atoms with Crippen molar-refractivity contribution in [2.75, 3.05) is 7.11 Å². The Bertz CT molecular complexity index is 946. The number of para-hydroxylation sites is 1. The number of benzene rings is 3. The molecule has 0 spiro atoms. The van der Waals surface area contributed by atoms with E-state index in [9.17, 15) is 9.50 Å². The fourth-order valence-corrected chi connectivity index (χ4v) is 3.06. The van der Waals surface area contributed by atoms with Gasteiger partial charge in [-0.15, -0.1) is 0 Å². The second-order valence-electron chi connectivity index (χ2n) is 6.54. The molecule has 0 saturated carbocycles. The summed E-state index contributed by atoms with van der Waals surface area (Å²) in [5.41, 5.74) is 1.37. The molecule has 3 aromatic rings. The number of hydrogen-bond acceptors (Lipinski definition) is 4. The maximum atomic E-state index is 13.5. The molecule has 6 heteroatoms. The summed E-state index contributed by atoms with van der Waals surface area (Å²) in [5.74, 6) is 0.470. The van der Waals surface area contributed by atoms with Crippen LogP contribution >= 0.6 is 11.6 Å². The van der Waals surface area contributed by atoms with E-state index >= 15 is 0 Å². The molecule has 0 unspecified atom stereocenters. The first-order valence-electron chi connectivity index (χ1n) is 9.12. The zero-order chi connectivity index (χ0) is 20.8. The van der Waals surface area contributed by atoms with Crippen LogP contribution in [0.2, 0.25) is 5.02 Å². The smallest absolute Gasteiger partial charge is 0.153 e. The van der Waals surface area contributed by atoms with Gasteiger partial charge in [0.25, 0.3) is 0 Å². The first kappa shape index (κ1) is 21.0. The molecule has 29 heavy (non-hydrogen) atoms. The molecular formula is C23H22ClFO4. The lowest BCUT2D eigenvalue weighted by molar-refractivity contribution is -0.0259. The van der Waals surface area contributed by atoms with Crippen molar-refractivity contribution in [3.05, 3.63) is 88.7 Å². The fraction of sp³-hybridized carbons (Fsp3) is 0.217. The molecule has 1 N–H and O–H groups in total. The van der Waals surface area contributed by atoms with E-state index in [1.165, 1.54) is 12.1 Å². The largest absolute Gasteiger partial charge is 0.507 e. The van der Waals surface area contributed by atoms with E-state index < -0.39 is 18.0 Å². The Hall–Kier alpha value is -2.76. The number of halogens is 2. The molecule has 0 saturated heterocycles. The summed E-state index contributed by atoms with van der Waals surface area (Å²) in [5, 5.41) is 10.7. The minimum Gasteiger partial charge on any atom is -0.507 e. The highest BCUT2D eigenvalue weighted by atomic mass is 35.5. The molecular weight excluding hydrogens is 395 g/mol. The molecule has 0 amide bonds. The number of aromatic hydroxyl groups is 1. The first-order chi connectivity index (χ1) is 14.0. The van der Waals surface area contributed by atoms with Crippen LogP contribution in [0.1, 0.15) is 24.2 Å². The molecule has 0 radical (unpaired) electrons. The van der Waals surface area contributed by atoms with Gasteiger partial charge < -0.3 is 19.3 Å². The first-order valence-corrected chi connectivity index (χ1v) is 9.50. The Morgan fingerprint density at radius 3 is 2.41 bits per heavy atom. The summed E-state index contributed by atoms with van der Waals surface area (Å²) in [6, 6.07) is 18.4. The van der Waals surface area contributed by atoms with Crippen LogP contribution < -0.4 is 9.47 Å². The van der Waals surface area contributed by atoms with E-state index in [-0.39, 0.29) is 5.75 Å². The lowest BCUT2D eigenvalue weighted by Gasteiger charge is -2.27. The number of phenols is 1. The minimum absolute atomic E-state index is 0.207. The van der Waals surface area contributed by atoms with Crippen molar-refractivity contribution in [2.45, 2.75) is 25.7 Å². The maximum Gasteiger partial charge on any atom is 0.153 e. The SMILES string of the molecule is COc1ccc(CO[C@@H](C)[C@H](Oc2ccccc2Cl)c2ccc(F)cc2O)cc1. The van der Waals surface area contributed by atoms with E-state index in [0.29, 0.717) is 22.9 Å². The maximum absolute atomic E-state index is 13.5. The molecule has 0 fully saturated rings. The number of phenolic OH excluding ortho intramolecular Hbond substituents is 1. The van der Waals surface area contributed by atoms with Crippen molar-refractivity contribution in [1.29, 1.82) is 0 Å². The highest BCUT2D eigenvalue weighted by molar-refractivity contribution is 6.32. The highest BCUT2D eigenvalue weighted by Crippen LogP contribution is 2.35. The molecule has 2 atom stereocenters. The van der Waals surface area contributed by atoms with Crippen LogP contribution in [0.4, 0.5) is 4.39 Å². The molecule has 4 nitrogen and oxygen atoms in total. The van der Waals surface area contributed by atoms with Crippen LogP contribution in [0.15, 0.2) is 66.7 Å². The summed E-state index contributed by atoms with van der Waals surface area (Å²) >= 11 is 6.23. The summed E-state index contributed by atoms with van der Waals surface area (Å²) < 4.78 is 30.7. The number of methoxy groups -OCH3 is 1. The third kappa shape index (κ3) is 5.40. The Kier molecular flexibility index (Phi) is 6.96. The molecule has 0 heterocycles. The summed E-state index contributed by atoms with van der Waals surface area (Å²) in [6.07, 6.45) is -1.17. The highest BCUT2D eigenvalue weighted by Gasteiger charge is 2.26. The van der Waals surface area contributed by atoms with E-state index in [2.05, 4.69) is 0 Å². The van der Waals surface area contributed by atoms with Gasteiger partial charge in [-0.05, 0) is 48.9 Å². The molecule has 0 aromatic heterocycles. The summed E-state index contributed by atoms with van der Waals surface area (Å²) in [7, 11) is 1.61. The van der Waals surface area contributed by atoms with Crippen molar-refractivity contribution in [2.24, 2.45) is 0 Å². The Labute approximate surface area is 174 Å². The fourth-order valence-electron chi connectivity index (χ4n) is 2.88. The molecule has 3 aromatic carbocycles. The Morgan fingerprint density at radius 1 is 1.03 bits per heavy atom. The second-order valence-corrected chi connectivity index (χ2v) is 6.94. The van der Waals surface area contributed by atoms with Crippen molar-refractivity contribution in [1.82, 2.24) is 0 Å². The Morgan fingerprint density at radius 2 is 1.76 bits per heavy atom. The number of hydrogen-bond donors (Lipinski definition) is 1. The molecule has 0 aliphatic heterocycles. The van der Waals surface area contributed by atoms with E-state index in [0.717, 1.165) is 17.4 Å². The molecule has 3 rings (SSSR count). The zero-order valence-electron chi connectivity index (χ0n) is 16.1. The van der Waals surface area contributed by atoms with Gasteiger partial charge in [-0.3, -0.25) is 0 Å². The quantitative estimate of drug-likeness (QED) is 0.495. The molecule has 0 aliphatic rings. The van der Waals surface area contributed by atoms with Crippen LogP contribution in [0.5, 0.6) is 17.2 Å². The van der Waals surface area contributed by atoms with Crippen LogP contribution in [0.25, 0.3) is 0 Å². The molecule has 0 aliphatic carbocycles. The summed E-state index contributed by atoms with van der Waals surface area (Å²) in [4.78, 5) is 0. The molecule has 152 valence electrons. The van der Waals surface area contributed by atoms with Gasteiger partial charge in [0.15, 0.2) is 6.10 Å². The second kappa shape index (κ2) is 9.63. The summed E-state index contributed by atoms with van der Waals surface area (Å²) in [6.45, 7) is 2.16. The predicted octanol–water partition coefficient (Wildman–Crippen LogP) is 5.92. The number of rotatable bonds is 8. The standard InChI is InChI=1S/C23H22ClFO4/c1-15(28-14-16-7-10-18(27-2)11-8-16)23(19-12-9-17(25)13-21(19)26)29-22-6-4-3-5-20(22)24/h3-13,15,23,26H,14H2,1-2H3/t15-,23-/m0/s1. The lowest BCUT2D eigenvalue weighted by atomic mass is 10.0. The predicted molar refractivity (Wildman–Crippen MR) is 110 cm³/mol. The van der Waals surface area contributed by atoms with Gasteiger partial charge in [0.1, 0.15) is 23.1 Å². The van der Waals surface area contributed by atoms with Gasteiger partial charge in [0.2, 0.25) is 0 Å². The van der Waals surface area contributed by atoms with Crippen LogP contribution in [0, 0.1) is 5.82 Å². The van der Waals surface area contributed by atoms with Crippen molar-refractivity contribution in [3.8, 4) is 17.2 Å². The van der Waals surface area contributed by atoms with Gasteiger partial charge in [-0.2, -0.15) is 0 Å². The van der Waals surface area contributed by atoms with E-state index in [1.54, 1.807) is 31.4 Å². The van der Waals surface area contributed by atoms with Crippen molar-refractivity contribution >= 4 is 11.6 Å². The van der Waals surface area contributed by atoms with Crippen LogP contribution in [-0.2, 0) is 11.3 Å². The normalized spacial score (nSPS) is 13.0. The van der Waals surface area contributed by atoms with Gasteiger partial charge in [-0.25, -0.2) is 4.39 Å². The lowest BCUT2D eigenvalue weighted by Crippen LogP contribution is -2.24. The third-order valence-corrected chi connectivity index (χ3v) is 4.80. The van der Waals surface area contributed by atoms with Gasteiger partial charge >= 0.3 is 0 Å². The van der Waals surface area contributed by atoms with Gasteiger partial charge in [0, 0.05) is 11.6 Å². The average molecular weight is 417 g/mol. The zero-order valence-corrected chi connectivity index (χ0v) is 16.9. The molecule has 0 bridgehead atoms. The minimum atomic E-state index is -0.700. The van der Waals surface area contributed by atoms with Crippen molar-refractivity contribution < 1.29 is 23.7 Å². The van der Waals surface area contributed by atoms with Crippen LogP contribution in [-0.4, -0.2) is 18.3 Å². The van der Waals surface area contributed by atoms with E-state index in [4.69, 9.17) is 25.8 Å². The van der Waals surface area contributed by atoms with Gasteiger partial charge in [0.05, 0.1) is 24.8 Å². The number of ether oxygens (including phenoxy) is 3.